The van der Waals surface area contributed by atoms with E-state index in [2.05, 4.69) is 5.32 Å². The van der Waals surface area contributed by atoms with Gasteiger partial charge in [0.2, 0.25) is 0 Å². The molecule has 1 heterocycles. The van der Waals surface area contributed by atoms with Crippen LogP contribution in [0.4, 0.5) is 0 Å². The summed E-state index contributed by atoms with van der Waals surface area (Å²) in [6, 6.07) is 6.51. The third-order valence-electron chi connectivity index (χ3n) is 4.59. The van der Waals surface area contributed by atoms with E-state index < -0.39 is 0 Å². The molecule has 1 saturated carbocycles. The van der Waals surface area contributed by atoms with Crippen LogP contribution in [0.5, 0.6) is 5.75 Å². The van der Waals surface area contributed by atoms with Crippen LogP contribution in [0, 0.1) is 5.41 Å². The van der Waals surface area contributed by atoms with Gasteiger partial charge in [0.15, 0.2) is 0 Å². The number of aryl methyl sites for hydroxylation is 1. The number of ether oxygens (including phenoxy) is 1. The van der Waals surface area contributed by atoms with Crippen LogP contribution in [0.1, 0.15) is 37.3 Å². The molecule has 22 heavy (non-hydrogen) atoms. The van der Waals surface area contributed by atoms with Crippen molar-refractivity contribution in [1.29, 1.82) is 5.41 Å². The lowest BCUT2D eigenvalue weighted by Crippen LogP contribution is -2.50. The third-order valence-corrected chi connectivity index (χ3v) is 4.59. The maximum Gasteiger partial charge on any atom is 0.127 e. The van der Waals surface area contributed by atoms with Gasteiger partial charge >= 0.3 is 0 Å². The molecule has 6 heteroatoms. The van der Waals surface area contributed by atoms with Crippen LogP contribution in [0.15, 0.2) is 18.2 Å². The highest BCUT2D eigenvalue weighted by molar-refractivity contribution is 5.97. The van der Waals surface area contributed by atoms with E-state index in [1.165, 1.54) is 0 Å². The van der Waals surface area contributed by atoms with Crippen molar-refractivity contribution < 1.29 is 9.57 Å². The fraction of sp³-hybridized carbons (Fsp3) is 0.562. The second kappa shape index (κ2) is 6.24. The van der Waals surface area contributed by atoms with Gasteiger partial charge in [0.1, 0.15) is 23.8 Å². The Bertz CT molecular complexity index is 557. The minimum Gasteiger partial charge on any atom is -0.487 e. The van der Waals surface area contributed by atoms with Gasteiger partial charge < -0.3 is 15.8 Å². The van der Waals surface area contributed by atoms with Crippen LogP contribution in [0.25, 0.3) is 0 Å². The summed E-state index contributed by atoms with van der Waals surface area (Å²) in [6.45, 7) is 1.91. The molecule has 2 aliphatic rings. The van der Waals surface area contributed by atoms with Crippen molar-refractivity contribution in [3.63, 3.8) is 0 Å². The Hall–Kier alpha value is -1.63. The smallest absolute Gasteiger partial charge is 0.127 e. The minimum absolute atomic E-state index is 0.0163. The van der Waals surface area contributed by atoms with E-state index in [-0.39, 0.29) is 18.2 Å². The highest BCUT2D eigenvalue weighted by atomic mass is 16.6. The molecule has 0 saturated heterocycles. The number of hydrogen-bond donors (Lipinski definition) is 4. The van der Waals surface area contributed by atoms with E-state index in [0.29, 0.717) is 11.9 Å². The normalized spacial score (nSPS) is 28.0. The SMILES string of the molecule is C[C@H](ON)[C@H]1CCc2cc(C(=N)N[C@H]3C[C@@H](N)C3)ccc2O1. The molecule has 0 amide bonds. The molecule has 2 atom stereocenters. The van der Waals surface area contributed by atoms with Gasteiger partial charge in [-0.15, -0.1) is 0 Å². The zero-order valence-electron chi connectivity index (χ0n) is 12.8. The van der Waals surface area contributed by atoms with Crippen molar-refractivity contribution in [2.45, 2.75) is 56.9 Å². The lowest BCUT2D eigenvalue weighted by atomic mass is 9.87. The third kappa shape index (κ3) is 3.09. The summed E-state index contributed by atoms with van der Waals surface area (Å²) in [5.41, 5.74) is 7.80. The highest BCUT2D eigenvalue weighted by Gasteiger charge is 2.28. The monoisotopic (exact) mass is 304 g/mol. The lowest BCUT2D eigenvalue weighted by molar-refractivity contribution is -0.0238. The molecule has 120 valence electrons. The molecular weight excluding hydrogens is 280 g/mol. The fourth-order valence-corrected chi connectivity index (χ4v) is 3.05. The Balaban J connectivity index is 1.66. The van der Waals surface area contributed by atoms with E-state index in [9.17, 15) is 0 Å². The zero-order chi connectivity index (χ0) is 15.7. The molecule has 1 aromatic carbocycles. The predicted molar refractivity (Wildman–Crippen MR) is 84.9 cm³/mol. The molecule has 6 nitrogen and oxygen atoms in total. The molecule has 0 aromatic heterocycles. The van der Waals surface area contributed by atoms with E-state index in [0.717, 1.165) is 42.6 Å². The average Bonchev–Trinajstić information content (AvgIpc) is 2.51. The molecule has 1 aliphatic heterocycles. The predicted octanol–water partition coefficient (Wildman–Crippen LogP) is 1.06. The molecule has 0 unspecified atom stereocenters. The first kappa shape index (κ1) is 15.3. The quantitative estimate of drug-likeness (QED) is 0.378. The Morgan fingerprint density at radius 3 is 2.91 bits per heavy atom. The summed E-state index contributed by atoms with van der Waals surface area (Å²) < 4.78 is 5.93. The lowest BCUT2D eigenvalue weighted by Gasteiger charge is -2.34. The number of benzene rings is 1. The van der Waals surface area contributed by atoms with Crippen LogP contribution >= 0.6 is 0 Å². The van der Waals surface area contributed by atoms with Gasteiger partial charge in [0.05, 0.1) is 0 Å². The largest absolute Gasteiger partial charge is 0.487 e. The van der Waals surface area contributed by atoms with Crippen LogP contribution in [-0.2, 0) is 11.3 Å². The van der Waals surface area contributed by atoms with Crippen LogP contribution in [-0.4, -0.2) is 30.1 Å². The maximum absolute atomic E-state index is 8.19. The summed E-state index contributed by atoms with van der Waals surface area (Å²) >= 11 is 0. The van der Waals surface area contributed by atoms with Gasteiger partial charge in [-0.25, -0.2) is 5.90 Å². The summed E-state index contributed by atoms with van der Waals surface area (Å²) in [5.74, 6) is 6.56. The standard InChI is InChI=1S/C16H24N4O2/c1-9(22-19)14-4-2-10-6-11(3-5-15(10)21-14)16(18)20-13-7-12(17)8-13/h3,5-6,9,12-14H,2,4,7-8,17,19H2,1H3,(H2,18,20)/t9-,12-,13+,14+/m0/s1. The van der Waals surface area contributed by atoms with Crippen molar-refractivity contribution in [3.05, 3.63) is 29.3 Å². The molecule has 3 rings (SSSR count). The van der Waals surface area contributed by atoms with Gasteiger partial charge in [-0.2, -0.15) is 0 Å². The van der Waals surface area contributed by atoms with Gasteiger partial charge in [0, 0.05) is 17.6 Å². The second-order valence-electron chi connectivity index (χ2n) is 6.31. The first-order chi connectivity index (χ1) is 10.6. The number of amidine groups is 1. The number of hydrogen-bond acceptors (Lipinski definition) is 5. The first-order valence-electron chi connectivity index (χ1n) is 7.83. The summed E-state index contributed by atoms with van der Waals surface area (Å²) in [6.07, 6.45) is 3.51. The number of nitrogens with one attached hydrogen (secondary N) is 2. The van der Waals surface area contributed by atoms with Crippen LogP contribution in [0.2, 0.25) is 0 Å². The Kier molecular flexibility index (Phi) is 4.33. The molecule has 0 spiro atoms. The molecule has 0 bridgehead atoms. The second-order valence-corrected chi connectivity index (χ2v) is 6.31. The van der Waals surface area contributed by atoms with E-state index in [1.807, 2.05) is 25.1 Å². The average molecular weight is 304 g/mol. The van der Waals surface area contributed by atoms with E-state index in [1.54, 1.807) is 0 Å². The van der Waals surface area contributed by atoms with Gasteiger partial charge in [-0.05, 0) is 56.4 Å². The van der Waals surface area contributed by atoms with Gasteiger partial charge in [-0.3, -0.25) is 10.2 Å². The van der Waals surface area contributed by atoms with Crippen molar-refractivity contribution in [1.82, 2.24) is 5.32 Å². The van der Waals surface area contributed by atoms with Crippen molar-refractivity contribution in [2.75, 3.05) is 0 Å². The van der Waals surface area contributed by atoms with Crippen molar-refractivity contribution in [3.8, 4) is 5.75 Å². The fourth-order valence-electron chi connectivity index (χ4n) is 3.05. The van der Waals surface area contributed by atoms with Crippen LogP contribution < -0.4 is 21.7 Å². The number of rotatable bonds is 4. The van der Waals surface area contributed by atoms with Gasteiger partial charge in [-0.1, -0.05) is 0 Å². The van der Waals surface area contributed by atoms with Crippen molar-refractivity contribution in [2.24, 2.45) is 11.6 Å². The summed E-state index contributed by atoms with van der Waals surface area (Å²) in [5, 5.41) is 11.4. The maximum atomic E-state index is 8.19. The zero-order valence-corrected chi connectivity index (χ0v) is 12.8. The number of fused-ring (bicyclic) bond motifs is 1. The molecule has 1 aromatic rings. The van der Waals surface area contributed by atoms with E-state index in [4.69, 9.17) is 26.6 Å². The minimum atomic E-state index is -0.129. The molecule has 1 fully saturated rings. The van der Waals surface area contributed by atoms with Crippen molar-refractivity contribution >= 4 is 5.84 Å². The Morgan fingerprint density at radius 1 is 1.45 bits per heavy atom. The molecule has 6 N–H and O–H groups in total. The molecule has 1 aliphatic carbocycles. The van der Waals surface area contributed by atoms with E-state index >= 15 is 0 Å². The Labute approximate surface area is 130 Å². The number of nitrogens with two attached hydrogens (primary N) is 2. The molecule has 0 radical (unpaired) electrons. The van der Waals surface area contributed by atoms with Crippen LogP contribution in [0.3, 0.4) is 0 Å². The summed E-state index contributed by atoms with van der Waals surface area (Å²) in [4.78, 5) is 4.86. The highest BCUT2D eigenvalue weighted by Crippen LogP contribution is 2.30. The van der Waals surface area contributed by atoms with Gasteiger partial charge in [0.25, 0.3) is 0 Å². The Morgan fingerprint density at radius 2 is 2.23 bits per heavy atom. The molecular formula is C16H24N4O2. The summed E-state index contributed by atoms with van der Waals surface area (Å²) in [7, 11) is 0. The first-order valence-corrected chi connectivity index (χ1v) is 7.83. The topological polar surface area (TPSA) is 106 Å².